The zero-order chi connectivity index (χ0) is 17.8. The summed E-state index contributed by atoms with van der Waals surface area (Å²) in [4.78, 5) is 47.4. The molecule has 0 radical (unpaired) electrons. The minimum atomic E-state index is -1.13. The number of phenols is 1. The summed E-state index contributed by atoms with van der Waals surface area (Å²) in [5.74, 6) is -0.832. The largest absolute Gasteiger partial charge is 0.506 e. The van der Waals surface area contributed by atoms with E-state index in [-0.39, 0.29) is 5.36 Å². The Morgan fingerprint density at radius 2 is 1.71 bits per heavy atom. The molecular formula is C14H5ClN2O7. The first kappa shape index (κ1) is 15.6. The summed E-state index contributed by atoms with van der Waals surface area (Å²) in [5, 5.41) is 29.4. The van der Waals surface area contributed by atoms with E-state index in [4.69, 9.17) is 16.8 Å². The van der Waals surface area contributed by atoms with Crippen LogP contribution in [-0.4, -0.2) is 15.2 Å². The third kappa shape index (κ3) is 1.88. The second kappa shape index (κ2) is 5.10. The third-order valence-electron chi connectivity index (χ3n) is 3.59. The summed E-state index contributed by atoms with van der Waals surface area (Å²) in [6, 6.07) is 2.62. The molecule has 0 heterocycles. The second-order valence-electron chi connectivity index (χ2n) is 4.82. The van der Waals surface area contributed by atoms with E-state index in [1.165, 1.54) is 0 Å². The van der Waals surface area contributed by atoms with E-state index in [9.17, 15) is 29.6 Å². The number of halogens is 1. The lowest BCUT2D eigenvalue weighted by atomic mass is 10.0. The Balaban J connectivity index is 2.98. The highest BCUT2D eigenvalue weighted by atomic mass is 35.5. The zero-order valence-electron chi connectivity index (χ0n) is 11.4. The highest BCUT2D eigenvalue weighted by Gasteiger charge is 2.25. The van der Waals surface area contributed by atoms with E-state index in [2.05, 4.69) is 5.16 Å². The van der Waals surface area contributed by atoms with Crippen molar-refractivity contribution >= 4 is 28.1 Å². The molecule has 3 rings (SSSR count). The lowest BCUT2D eigenvalue weighted by Gasteiger charge is -2.04. The number of nitro benzene ring substituents is 1. The monoisotopic (exact) mass is 348 g/mol. The highest BCUT2D eigenvalue weighted by Crippen LogP contribution is 2.35. The maximum absolute atomic E-state index is 12.6. The standard InChI is InChI=1S/C14H5ClN2O7/c15-4-3-6(17(23)24)9-11(12(4)19)13(20)8-5(16-22)1-2-7(18)10(8)14(9)21/h1-3,19,22H/b16-5-. The van der Waals surface area contributed by atoms with E-state index in [1.807, 2.05) is 0 Å². The van der Waals surface area contributed by atoms with E-state index in [0.717, 1.165) is 18.2 Å². The number of non-ortho nitro benzene ring substituents is 1. The van der Waals surface area contributed by atoms with E-state index >= 15 is 0 Å². The van der Waals surface area contributed by atoms with E-state index in [0.29, 0.717) is 0 Å². The van der Waals surface area contributed by atoms with Gasteiger partial charge in [-0.3, -0.25) is 24.5 Å². The highest BCUT2D eigenvalue weighted by molar-refractivity contribution is 6.33. The second-order valence-corrected chi connectivity index (χ2v) is 5.23. The average molecular weight is 349 g/mol. The minimum absolute atomic E-state index is 0.379. The number of hydrogen-bond donors (Lipinski definition) is 2. The van der Waals surface area contributed by atoms with Gasteiger partial charge in [0, 0.05) is 6.07 Å². The first-order valence-corrected chi connectivity index (χ1v) is 6.65. The Labute approximate surface area is 134 Å². The minimum Gasteiger partial charge on any atom is -0.506 e. The molecule has 10 heteroatoms. The SMILES string of the molecule is O=c1cc/c(=N/O)c2c(=O)c3c(O)c(Cl)cc([N+](=O)[O-])c3c(=O)c1=2. The van der Waals surface area contributed by atoms with Crippen LogP contribution in [0.5, 0.6) is 5.75 Å². The van der Waals surface area contributed by atoms with Crippen molar-refractivity contribution in [2.75, 3.05) is 0 Å². The van der Waals surface area contributed by atoms with Crippen LogP contribution in [0, 0.1) is 20.6 Å². The number of benzene rings is 1. The molecule has 1 aromatic rings. The first-order valence-electron chi connectivity index (χ1n) is 6.28. The smallest absolute Gasteiger partial charge is 0.283 e. The van der Waals surface area contributed by atoms with E-state index in [1.54, 1.807) is 0 Å². The van der Waals surface area contributed by atoms with Crippen LogP contribution >= 0.6 is 11.6 Å². The van der Waals surface area contributed by atoms with Gasteiger partial charge in [-0.15, -0.1) is 0 Å². The van der Waals surface area contributed by atoms with Gasteiger partial charge in [0.1, 0.15) is 16.5 Å². The molecule has 1 aromatic carbocycles. The van der Waals surface area contributed by atoms with Gasteiger partial charge < -0.3 is 10.3 Å². The molecule has 0 bridgehead atoms. The summed E-state index contributed by atoms with van der Waals surface area (Å²) < 4.78 is 0. The van der Waals surface area contributed by atoms with Crippen LogP contribution in [0.15, 0.2) is 37.7 Å². The molecule has 0 amide bonds. The van der Waals surface area contributed by atoms with Gasteiger partial charge in [0.25, 0.3) is 5.69 Å². The van der Waals surface area contributed by atoms with Crippen molar-refractivity contribution in [1.29, 1.82) is 0 Å². The summed E-state index contributed by atoms with van der Waals surface area (Å²) in [6.45, 7) is 0. The Morgan fingerprint density at radius 3 is 2.29 bits per heavy atom. The molecule has 0 spiro atoms. The number of phenolic OH excluding ortho intramolecular Hbond substituents is 1. The van der Waals surface area contributed by atoms with Crippen LogP contribution in [0.25, 0.3) is 10.8 Å². The number of aromatic hydroxyl groups is 1. The number of nitrogens with zero attached hydrogens (tertiary/aromatic N) is 2. The Morgan fingerprint density at radius 1 is 1.08 bits per heavy atom. The van der Waals surface area contributed by atoms with Crippen LogP contribution in [0.4, 0.5) is 5.69 Å². The molecule has 2 aliphatic carbocycles. The fraction of sp³-hybridized carbons (Fsp3) is 0. The Kier molecular flexibility index (Phi) is 3.31. The quantitative estimate of drug-likeness (QED) is 0.359. The van der Waals surface area contributed by atoms with Crippen LogP contribution < -0.4 is 21.6 Å². The average Bonchev–Trinajstić information content (AvgIpc) is 2.54. The van der Waals surface area contributed by atoms with Crippen molar-refractivity contribution in [3.8, 4) is 5.75 Å². The molecule has 0 saturated heterocycles. The molecule has 2 N–H and O–H groups in total. The van der Waals surface area contributed by atoms with Crippen molar-refractivity contribution in [3.05, 3.63) is 79.8 Å². The van der Waals surface area contributed by atoms with Gasteiger partial charge >= 0.3 is 0 Å². The summed E-state index contributed by atoms with van der Waals surface area (Å²) in [6.07, 6.45) is 0. The van der Waals surface area contributed by atoms with Gasteiger partial charge in [0.2, 0.25) is 10.9 Å². The van der Waals surface area contributed by atoms with Crippen LogP contribution in [-0.2, 0) is 0 Å². The normalized spacial score (nSPS) is 12.1. The van der Waals surface area contributed by atoms with Crippen molar-refractivity contribution in [2.24, 2.45) is 5.16 Å². The van der Waals surface area contributed by atoms with Crippen molar-refractivity contribution in [1.82, 2.24) is 0 Å². The molecule has 0 aliphatic heterocycles. The summed E-state index contributed by atoms with van der Waals surface area (Å²) >= 11 is 5.69. The van der Waals surface area contributed by atoms with Gasteiger partial charge in [0.15, 0.2) is 5.43 Å². The number of hydrogen-bond acceptors (Lipinski definition) is 8. The third-order valence-corrected chi connectivity index (χ3v) is 3.88. The van der Waals surface area contributed by atoms with E-state index < -0.39 is 58.9 Å². The molecule has 9 nitrogen and oxygen atoms in total. The van der Waals surface area contributed by atoms with Crippen LogP contribution in [0.1, 0.15) is 0 Å². The molecule has 0 saturated carbocycles. The lowest BCUT2D eigenvalue weighted by Crippen LogP contribution is -2.28. The van der Waals surface area contributed by atoms with Crippen molar-refractivity contribution < 1.29 is 15.2 Å². The molecular weight excluding hydrogens is 344 g/mol. The topological polar surface area (TPSA) is 147 Å². The number of fused-ring (bicyclic) bond motifs is 1. The maximum atomic E-state index is 12.6. The molecule has 0 atom stereocenters. The van der Waals surface area contributed by atoms with Gasteiger partial charge in [-0.1, -0.05) is 16.8 Å². The summed E-state index contributed by atoms with van der Waals surface area (Å²) in [7, 11) is 0. The van der Waals surface area contributed by atoms with Crippen molar-refractivity contribution in [2.45, 2.75) is 0 Å². The predicted molar refractivity (Wildman–Crippen MR) is 81.1 cm³/mol. The molecule has 120 valence electrons. The Bertz CT molecular complexity index is 1320. The summed E-state index contributed by atoms with van der Waals surface area (Å²) in [5.41, 5.74) is -3.89. The predicted octanol–water partition coefficient (Wildman–Crippen LogP) is 0.0779. The molecule has 24 heavy (non-hydrogen) atoms. The molecule has 0 aromatic heterocycles. The van der Waals surface area contributed by atoms with Gasteiger partial charge in [-0.05, 0) is 12.1 Å². The van der Waals surface area contributed by atoms with Gasteiger partial charge in [0.05, 0.1) is 25.8 Å². The zero-order valence-corrected chi connectivity index (χ0v) is 12.2. The molecule has 0 unspecified atom stereocenters. The lowest BCUT2D eigenvalue weighted by molar-refractivity contribution is -0.383. The maximum Gasteiger partial charge on any atom is 0.283 e. The van der Waals surface area contributed by atoms with Crippen molar-refractivity contribution in [3.63, 3.8) is 0 Å². The van der Waals surface area contributed by atoms with Crippen LogP contribution in [0.2, 0.25) is 5.02 Å². The first-order chi connectivity index (χ1) is 11.3. The van der Waals surface area contributed by atoms with Gasteiger partial charge in [-0.25, -0.2) is 0 Å². The fourth-order valence-corrected chi connectivity index (χ4v) is 2.78. The Hall–Kier alpha value is -3.33. The fourth-order valence-electron chi connectivity index (χ4n) is 2.58. The molecule has 0 fully saturated rings. The molecule has 2 aliphatic rings. The van der Waals surface area contributed by atoms with Gasteiger partial charge in [-0.2, -0.15) is 0 Å². The van der Waals surface area contributed by atoms with Crippen LogP contribution in [0.3, 0.4) is 0 Å². The number of nitro groups is 1. The number of rotatable bonds is 1.